The molecule has 0 aromatic heterocycles. The first-order chi connectivity index (χ1) is 29.1. The van der Waals surface area contributed by atoms with Crippen LogP contribution in [0, 0.1) is 6.92 Å². The molecule has 59 heavy (non-hydrogen) atoms. The second-order valence-corrected chi connectivity index (χ2v) is 15.7. The van der Waals surface area contributed by atoms with Gasteiger partial charge in [0, 0.05) is 28.8 Å². The topological polar surface area (TPSA) is 12.4 Å². The Morgan fingerprint density at radius 3 is 1.75 bits per heavy atom. The monoisotopic (exact) mass is 757 g/mol. The van der Waals surface area contributed by atoms with E-state index in [2.05, 4.69) is 214 Å². The summed E-state index contributed by atoms with van der Waals surface area (Å²) in [5.74, 6) is 0.306. The zero-order chi connectivity index (χ0) is 40.0. The second kappa shape index (κ2) is 17.2. The lowest BCUT2D eigenvalue weighted by molar-refractivity contribution is 0.804. The summed E-state index contributed by atoms with van der Waals surface area (Å²) in [6.07, 6.45) is 5.82. The number of allylic oxidation sites excluding steroid dienone is 2. The van der Waals surface area contributed by atoms with Crippen molar-refractivity contribution in [3.63, 3.8) is 0 Å². The van der Waals surface area contributed by atoms with E-state index in [4.69, 9.17) is 4.99 Å². The molecule has 1 heterocycles. The first-order valence-corrected chi connectivity index (χ1v) is 20.6. The zero-order valence-corrected chi connectivity index (χ0v) is 33.5. The lowest BCUT2D eigenvalue weighted by Gasteiger charge is -2.23. The molecule has 1 aliphatic rings. The summed E-state index contributed by atoms with van der Waals surface area (Å²) in [5, 5.41) is 2.06. The molecule has 284 valence electrons. The number of rotatable bonds is 11. The van der Waals surface area contributed by atoms with E-state index in [1.54, 1.807) is 0 Å². The predicted octanol–water partition coefficient (Wildman–Crippen LogP) is 12.8. The van der Waals surface area contributed by atoms with E-state index >= 15 is 0 Å². The molecule has 1 heteroatoms. The van der Waals surface area contributed by atoms with Gasteiger partial charge in [0.05, 0.1) is 5.36 Å². The Labute approximate surface area is 348 Å². The predicted molar refractivity (Wildman–Crippen MR) is 247 cm³/mol. The highest BCUT2D eigenvalue weighted by atomic mass is 14.7. The van der Waals surface area contributed by atoms with E-state index in [9.17, 15) is 0 Å². The third kappa shape index (κ3) is 8.33. The molecule has 9 rings (SSSR count). The summed E-state index contributed by atoms with van der Waals surface area (Å²) in [7, 11) is 0. The number of fused-ring (bicyclic) bond motifs is 1. The van der Waals surface area contributed by atoms with Crippen molar-refractivity contribution in [3.8, 4) is 11.1 Å². The lowest BCUT2D eigenvalue weighted by atomic mass is 9.80. The summed E-state index contributed by atoms with van der Waals surface area (Å²) in [6.45, 7) is 6.68. The fraction of sp³-hybridized carbons (Fsp3) is 0.0862. The Morgan fingerprint density at radius 1 is 0.492 bits per heavy atom. The molecule has 0 N–H and O–H groups in total. The fourth-order valence-electron chi connectivity index (χ4n) is 8.65. The van der Waals surface area contributed by atoms with Gasteiger partial charge >= 0.3 is 0 Å². The van der Waals surface area contributed by atoms with Crippen molar-refractivity contribution in [2.75, 3.05) is 0 Å². The minimum Gasteiger partial charge on any atom is -0.256 e. The molecule has 0 amide bonds. The fourth-order valence-corrected chi connectivity index (χ4v) is 8.65. The van der Waals surface area contributed by atoms with Crippen LogP contribution in [0.15, 0.2) is 230 Å². The third-order valence-electron chi connectivity index (χ3n) is 11.8. The minimum absolute atomic E-state index is 0.107. The van der Waals surface area contributed by atoms with Crippen LogP contribution in [-0.2, 0) is 12.8 Å². The van der Waals surface area contributed by atoms with Gasteiger partial charge in [-0.2, -0.15) is 0 Å². The van der Waals surface area contributed by atoms with Crippen LogP contribution >= 0.6 is 0 Å². The smallest absolute Gasteiger partial charge is 0.0702 e. The molecule has 1 aliphatic heterocycles. The molecular formula is C58H47N. The molecular weight excluding hydrogens is 711 g/mol. The number of hydrogen-bond donors (Lipinski definition) is 0. The lowest BCUT2D eigenvalue weighted by Crippen LogP contribution is -2.22. The van der Waals surface area contributed by atoms with Crippen LogP contribution in [0.25, 0.3) is 22.8 Å². The van der Waals surface area contributed by atoms with Gasteiger partial charge < -0.3 is 0 Å². The van der Waals surface area contributed by atoms with Crippen molar-refractivity contribution in [1.29, 1.82) is 0 Å². The summed E-state index contributed by atoms with van der Waals surface area (Å²) < 4.78 is 0. The summed E-state index contributed by atoms with van der Waals surface area (Å²) >= 11 is 0. The van der Waals surface area contributed by atoms with E-state index in [1.807, 2.05) is 18.3 Å². The third-order valence-corrected chi connectivity index (χ3v) is 11.8. The van der Waals surface area contributed by atoms with E-state index in [1.165, 1.54) is 61.2 Å². The van der Waals surface area contributed by atoms with Gasteiger partial charge in [0.25, 0.3) is 0 Å². The molecule has 8 aromatic carbocycles. The highest BCUT2D eigenvalue weighted by molar-refractivity contribution is 5.87. The molecule has 0 radical (unpaired) electrons. The van der Waals surface area contributed by atoms with Crippen LogP contribution in [0.2, 0.25) is 0 Å². The largest absolute Gasteiger partial charge is 0.256 e. The van der Waals surface area contributed by atoms with E-state index in [0.29, 0.717) is 0 Å². The number of para-hydroxylation sites is 1. The Kier molecular flexibility index (Phi) is 10.9. The van der Waals surface area contributed by atoms with Gasteiger partial charge in [-0.3, -0.25) is 4.99 Å². The molecule has 0 saturated carbocycles. The van der Waals surface area contributed by atoms with Crippen molar-refractivity contribution in [1.82, 2.24) is 0 Å². The first kappa shape index (κ1) is 37.5. The Balaban J connectivity index is 1.15. The van der Waals surface area contributed by atoms with Gasteiger partial charge in [-0.15, -0.1) is 0 Å². The normalized spacial score (nSPS) is 12.8. The Hall–Kier alpha value is -7.09. The molecule has 0 aliphatic carbocycles. The van der Waals surface area contributed by atoms with Crippen molar-refractivity contribution in [2.45, 2.75) is 31.6 Å². The van der Waals surface area contributed by atoms with E-state index in [-0.39, 0.29) is 11.8 Å². The highest BCUT2D eigenvalue weighted by Gasteiger charge is 2.22. The summed E-state index contributed by atoms with van der Waals surface area (Å²) in [5.41, 5.74) is 17.4. The highest BCUT2D eigenvalue weighted by Crippen LogP contribution is 2.39. The van der Waals surface area contributed by atoms with Gasteiger partial charge in [0.15, 0.2) is 0 Å². The molecule has 0 fully saturated rings. The second-order valence-electron chi connectivity index (χ2n) is 15.7. The average Bonchev–Trinajstić information content (AvgIpc) is 3.46. The molecule has 0 bridgehead atoms. The molecule has 1 nitrogen and oxygen atoms in total. The quantitative estimate of drug-likeness (QED) is 0.117. The SMILES string of the molecule is C=C1C=c2ccccc2=NC=C1c1ccc(Cc2ccc(C(Cc3ccccc3)c3ccccc3)cc2-c2cc(C(c3ccccc3)c3ccccc3)ccc2C)cc1. The van der Waals surface area contributed by atoms with Gasteiger partial charge in [-0.05, 0) is 110 Å². The van der Waals surface area contributed by atoms with Gasteiger partial charge in [0.1, 0.15) is 0 Å². The van der Waals surface area contributed by atoms with Crippen LogP contribution in [0.1, 0.15) is 67.5 Å². The average molecular weight is 758 g/mol. The maximum atomic E-state index is 4.81. The first-order valence-electron chi connectivity index (χ1n) is 20.6. The van der Waals surface area contributed by atoms with Crippen LogP contribution in [-0.4, -0.2) is 0 Å². The number of nitrogens with zero attached hydrogens (tertiary/aromatic N) is 1. The molecule has 8 aromatic rings. The Bertz CT molecular complexity index is 2830. The van der Waals surface area contributed by atoms with Crippen molar-refractivity contribution >= 4 is 11.6 Å². The standard InChI is InChI=1S/C58H47N/c1-41-27-30-52(58(47-21-11-5-12-22-47)48-23-13-6-14-24-48)39-53(41)55-38-50(54(45-19-9-4-10-20-45)37-43-17-7-3-8-18-43)34-33-49(55)36-44-28-31-46(32-29-44)56-40-59-57-26-16-15-25-51(57)35-42(56)2/h3-35,38-40,54,58H,2,36-37H2,1H3. The van der Waals surface area contributed by atoms with Gasteiger partial charge in [0.2, 0.25) is 0 Å². The molecule has 0 spiro atoms. The molecule has 0 saturated heterocycles. The van der Waals surface area contributed by atoms with Crippen LogP contribution in [0.5, 0.6) is 0 Å². The van der Waals surface area contributed by atoms with E-state index in [0.717, 1.165) is 40.1 Å². The molecule has 1 atom stereocenters. The summed E-state index contributed by atoms with van der Waals surface area (Å²) in [4.78, 5) is 4.81. The number of benzene rings is 8. The van der Waals surface area contributed by atoms with Crippen LogP contribution < -0.4 is 10.6 Å². The molecule has 1 unspecified atom stereocenters. The summed E-state index contributed by atoms with van der Waals surface area (Å²) in [6, 6.07) is 75.3. The van der Waals surface area contributed by atoms with Crippen LogP contribution in [0.4, 0.5) is 0 Å². The maximum Gasteiger partial charge on any atom is 0.0702 e. The minimum atomic E-state index is 0.107. The van der Waals surface area contributed by atoms with Crippen molar-refractivity contribution in [3.05, 3.63) is 291 Å². The van der Waals surface area contributed by atoms with Crippen molar-refractivity contribution in [2.24, 2.45) is 4.99 Å². The van der Waals surface area contributed by atoms with Gasteiger partial charge in [-0.25, -0.2) is 0 Å². The number of aryl methyl sites for hydroxylation is 1. The Morgan fingerprint density at radius 2 is 1.07 bits per heavy atom. The van der Waals surface area contributed by atoms with Crippen molar-refractivity contribution < 1.29 is 0 Å². The maximum absolute atomic E-state index is 4.81. The zero-order valence-electron chi connectivity index (χ0n) is 33.5. The van der Waals surface area contributed by atoms with Crippen LogP contribution in [0.3, 0.4) is 0 Å². The number of hydrogen-bond acceptors (Lipinski definition) is 1. The van der Waals surface area contributed by atoms with E-state index < -0.39 is 0 Å². The van der Waals surface area contributed by atoms with Gasteiger partial charge in [-0.1, -0.05) is 201 Å².